The van der Waals surface area contributed by atoms with Gasteiger partial charge < -0.3 is 9.47 Å². The molecule has 0 saturated heterocycles. The van der Waals surface area contributed by atoms with Crippen LogP contribution in [-0.4, -0.2) is 25.2 Å². The molecule has 5 rings (SSSR count). The molecular weight excluding hydrogens is 448 g/mol. The van der Waals surface area contributed by atoms with Crippen LogP contribution in [0, 0.1) is 5.92 Å². The van der Waals surface area contributed by atoms with E-state index < -0.39 is 11.9 Å². The van der Waals surface area contributed by atoms with Crippen LogP contribution in [0.1, 0.15) is 66.1 Å². The maximum Gasteiger partial charge on any atom is 0.338 e. The van der Waals surface area contributed by atoms with Crippen molar-refractivity contribution in [2.75, 3.05) is 13.2 Å². The number of hydrogen-bond donors (Lipinski definition) is 0. The fourth-order valence-corrected chi connectivity index (χ4v) is 6.14. The number of ether oxygens (including phenoxy) is 2. The largest absolute Gasteiger partial charge is 0.459 e. The number of fused-ring (bicyclic) bond motifs is 3. The van der Waals surface area contributed by atoms with E-state index in [4.69, 9.17) is 9.47 Å². The molecule has 3 aromatic rings. The second-order valence-corrected chi connectivity index (χ2v) is 9.86. The smallest absolute Gasteiger partial charge is 0.338 e. The summed E-state index contributed by atoms with van der Waals surface area (Å²) in [7, 11) is 0. The van der Waals surface area contributed by atoms with Crippen molar-refractivity contribution in [1.82, 2.24) is 0 Å². The highest BCUT2D eigenvalue weighted by molar-refractivity contribution is 5.90. The Kier molecular flexibility index (Phi) is 6.77. The van der Waals surface area contributed by atoms with Gasteiger partial charge in [0.2, 0.25) is 0 Å². The summed E-state index contributed by atoms with van der Waals surface area (Å²) < 4.78 is 10.3. The minimum Gasteiger partial charge on any atom is -0.459 e. The van der Waals surface area contributed by atoms with Gasteiger partial charge in [0.1, 0.15) is 13.2 Å². The number of carbonyl (C=O) groups is 2. The third-order valence-electron chi connectivity index (χ3n) is 7.69. The van der Waals surface area contributed by atoms with Gasteiger partial charge in [0.05, 0.1) is 5.56 Å². The molecule has 1 saturated carbocycles. The number of rotatable bonds is 7. The highest BCUT2D eigenvalue weighted by Crippen LogP contribution is 2.58. The zero-order chi connectivity index (χ0) is 25.1. The average Bonchev–Trinajstić information content (AvgIpc) is 3.22. The van der Waals surface area contributed by atoms with Gasteiger partial charge in [0.25, 0.3) is 0 Å². The van der Waals surface area contributed by atoms with Gasteiger partial charge >= 0.3 is 11.9 Å². The van der Waals surface area contributed by atoms with Crippen molar-refractivity contribution in [3.05, 3.63) is 107 Å². The minimum atomic E-state index is -0.486. The van der Waals surface area contributed by atoms with Crippen molar-refractivity contribution >= 4 is 11.9 Å². The van der Waals surface area contributed by atoms with E-state index in [1.54, 1.807) is 6.92 Å². The summed E-state index contributed by atoms with van der Waals surface area (Å²) >= 11 is 0. The van der Waals surface area contributed by atoms with Crippen LogP contribution in [0.15, 0.2) is 84.9 Å². The van der Waals surface area contributed by atoms with Crippen molar-refractivity contribution in [1.29, 1.82) is 0 Å². The van der Waals surface area contributed by atoms with Crippen molar-refractivity contribution in [3.63, 3.8) is 0 Å². The molecular formula is C32H32O4. The first-order chi connectivity index (χ1) is 17.5. The molecule has 0 aliphatic heterocycles. The molecule has 4 nitrogen and oxygen atoms in total. The van der Waals surface area contributed by atoms with E-state index in [-0.39, 0.29) is 18.6 Å². The molecule has 3 aromatic carbocycles. The van der Waals surface area contributed by atoms with Crippen LogP contribution < -0.4 is 0 Å². The van der Waals surface area contributed by atoms with Gasteiger partial charge in [0, 0.05) is 11.0 Å². The molecule has 0 bridgehead atoms. The summed E-state index contributed by atoms with van der Waals surface area (Å²) in [5.41, 5.74) is 7.16. The van der Waals surface area contributed by atoms with E-state index in [9.17, 15) is 9.59 Å². The second kappa shape index (κ2) is 10.1. The molecule has 2 aliphatic carbocycles. The highest BCUT2D eigenvalue weighted by Gasteiger charge is 2.49. The zero-order valence-electron chi connectivity index (χ0n) is 20.8. The van der Waals surface area contributed by atoms with Gasteiger partial charge in [-0.05, 0) is 65.6 Å². The summed E-state index contributed by atoms with van der Waals surface area (Å²) in [6.45, 7) is 5.14. The number of benzene rings is 3. The number of esters is 2. The third-order valence-corrected chi connectivity index (χ3v) is 7.69. The molecule has 0 radical (unpaired) electrons. The van der Waals surface area contributed by atoms with Crippen molar-refractivity contribution < 1.29 is 19.1 Å². The Bertz CT molecular complexity index is 1240. The summed E-state index contributed by atoms with van der Waals surface area (Å²) in [5, 5.41) is 0. The summed E-state index contributed by atoms with van der Waals surface area (Å²) in [6, 6.07) is 25.5. The fraction of sp³-hybridized carbons (Fsp3) is 0.312. The maximum absolute atomic E-state index is 12.7. The minimum absolute atomic E-state index is 0.00632. The lowest BCUT2D eigenvalue weighted by molar-refractivity contribution is -0.140. The predicted molar refractivity (Wildman–Crippen MR) is 141 cm³/mol. The lowest BCUT2D eigenvalue weighted by atomic mass is 9.60. The van der Waals surface area contributed by atoms with Crippen LogP contribution >= 0.6 is 0 Å². The normalized spacial score (nSPS) is 16.0. The maximum atomic E-state index is 12.7. The summed E-state index contributed by atoms with van der Waals surface area (Å²) in [6.07, 6.45) is 6.17. The standard InChI is InChI=1S/C32H32O4/c1-22(2)30(33)35-20-21-36-31(34)23-16-18-25(19-17-23)32(24-10-4-3-5-11-24)28-14-8-6-12-26(28)27-13-7-9-15-29(27)32/h6-9,12-19,24H,1,3-5,10-11,20-21H2,2H3. The Balaban J connectivity index is 1.46. The van der Waals surface area contributed by atoms with E-state index in [2.05, 4.69) is 67.2 Å². The Morgan fingerprint density at radius 3 is 1.94 bits per heavy atom. The van der Waals surface area contributed by atoms with Crippen LogP contribution in [-0.2, 0) is 19.7 Å². The topological polar surface area (TPSA) is 52.6 Å². The monoisotopic (exact) mass is 480 g/mol. The fourth-order valence-electron chi connectivity index (χ4n) is 6.14. The number of hydrogen-bond acceptors (Lipinski definition) is 4. The van der Waals surface area contributed by atoms with Crippen LogP contribution in [0.25, 0.3) is 11.1 Å². The molecule has 1 fully saturated rings. The Labute approximate surface area is 213 Å². The lowest BCUT2D eigenvalue weighted by Gasteiger charge is -2.42. The molecule has 4 heteroatoms. The van der Waals surface area contributed by atoms with E-state index in [1.807, 2.05) is 12.1 Å². The predicted octanol–water partition coefficient (Wildman–Crippen LogP) is 6.86. The first kappa shape index (κ1) is 24.1. The van der Waals surface area contributed by atoms with E-state index in [0.29, 0.717) is 17.1 Å². The molecule has 0 N–H and O–H groups in total. The molecule has 0 aromatic heterocycles. The van der Waals surface area contributed by atoms with E-state index in [0.717, 1.165) is 0 Å². The summed E-state index contributed by atoms with van der Waals surface area (Å²) in [4.78, 5) is 24.1. The highest BCUT2D eigenvalue weighted by atomic mass is 16.6. The SMILES string of the molecule is C=C(C)C(=O)OCCOC(=O)c1ccc(C2(C3CCCCC3)c3ccccc3-c3ccccc32)cc1. The Morgan fingerprint density at radius 1 is 0.806 bits per heavy atom. The second-order valence-electron chi connectivity index (χ2n) is 9.86. The quantitative estimate of drug-likeness (QED) is 0.211. The Morgan fingerprint density at radius 2 is 1.36 bits per heavy atom. The van der Waals surface area contributed by atoms with Crippen LogP contribution in [0.5, 0.6) is 0 Å². The first-order valence-corrected chi connectivity index (χ1v) is 12.8. The number of carbonyl (C=O) groups excluding carboxylic acids is 2. The molecule has 0 atom stereocenters. The summed E-state index contributed by atoms with van der Waals surface area (Å²) in [5.74, 6) is -0.413. The molecule has 0 amide bonds. The van der Waals surface area contributed by atoms with Gasteiger partial charge in [-0.2, -0.15) is 0 Å². The lowest BCUT2D eigenvalue weighted by Crippen LogP contribution is -2.37. The molecule has 0 unspecified atom stereocenters. The van der Waals surface area contributed by atoms with Gasteiger partial charge in [-0.1, -0.05) is 86.5 Å². The van der Waals surface area contributed by atoms with Crippen LogP contribution in [0.3, 0.4) is 0 Å². The van der Waals surface area contributed by atoms with Gasteiger partial charge in [-0.3, -0.25) is 0 Å². The van der Waals surface area contributed by atoms with Crippen molar-refractivity contribution in [2.24, 2.45) is 5.92 Å². The third kappa shape index (κ3) is 4.15. The molecule has 0 spiro atoms. The van der Waals surface area contributed by atoms with Crippen LogP contribution in [0.4, 0.5) is 0 Å². The molecule has 0 heterocycles. The van der Waals surface area contributed by atoms with E-state index >= 15 is 0 Å². The first-order valence-electron chi connectivity index (χ1n) is 12.8. The van der Waals surface area contributed by atoms with Crippen molar-refractivity contribution in [2.45, 2.75) is 44.4 Å². The average molecular weight is 481 g/mol. The van der Waals surface area contributed by atoms with Gasteiger partial charge in [-0.25, -0.2) is 9.59 Å². The van der Waals surface area contributed by atoms with Crippen molar-refractivity contribution in [3.8, 4) is 11.1 Å². The van der Waals surface area contributed by atoms with Crippen LogP contribution in [0.2, 0.25) is 0 Å². The molecule has 184 valence electrons. The van der Waals surface area contributed by atoms with Gasteiger partial charge in [0.15, 0.2) is 0 Å². The zero-order valence-corrected chi connectivity index (χ0v) is 20.8. The Hall–Kier alpha value is -3.66. The molecule has 2 aliphatic rings. The van der Waals surface area contributed by atoms with Gasteiger partial charge in [-0.15, -0.1) is 0 Å². The van der Waals surface area contributed by atoms with E-state index in [1.165, 1.54) is 59.9 Å². The molecule has 36 heavy (non-hydrogen) atoms.